The van der Waals surface area contributed by atoms with Crippen LogP contribution in [0.4, 0.5) is 11.4 Å². The maximum Gasteiger partial charge on any atom is 0.277 e. The second-order valence-corrected chi connectivity index (χ2v) is 4.29. The quantitative estimate of drug-likeness (QED) is 0.662. The van der Waals surface area contributed by atoms with E-state index in [1.807, 2.05) is 0 Å². The Hall–Kier alpha value is -3.36. The lowest BCUT2D eigenvalue weighted by molar-refractivity contribution is -0.394. The highest BCUT2D eigenvalue weighted by Crippen LogP contribution is 2.22. The van der Waals surface area contributed by atoms with Gasteiger partial charge < -0.3 is 5.32 Å². The monoisotopic (exact) mass is 302 g/mol. The first-order valence-electron chi connectivity index (χ1n) is 6.08. The van der Waals surface area contributed by atoms with E-state index in [9.17, 15) is 25.0 Å². The van der Waals surface area contributed by atoms with Crippen molar-refractivity contribution < 1.29 is 14.6 Å². The van der Waals surface area contributed by atoms with Gasteiger partial charge in [0, 0.05) is 31.1 Å². The Morgan fingerprint density at radius 1 is 1.05 bits per heavy atom. The molecule has 0 saturated heterocycles. The Kier molecular flexibility index (Phi) is 4.37. The molecule has 0 bridgehead atoms. The standard InChI is InChI=1S/C13H10N4O5/c18-13(15-8-9-1-3-14-4-2-9)10-5-11(16(19)20)7-12(6-10)17(21)22/h1-7H,8H2,(H,15,18). The first-order chi connectivity index (χ1) is 10.5. The van der Waals surface area contributed by atoms with E-state index in [0.717, 1.165) is 23.8 Å². The average molecular weight is 302 g/mol. The molecule has 0 fully saturated rings. The molecule has 0 aliphatic heterocycles. The number of hydrogen-bond donors (Lipinski definition) is 1. The second-order valence-electron chi connectivity index (χ2n) is 4.29. The van der Waals surface area contributed by atoms with Gasteiger partial charge in [-0.3, -0.25) is 30.0 Å². The van der Waals surface area contributed by atoms with Gasteiger partial charge in [-0.15, -0.1) is 0 Å². The minimum atomic E-state index is -0.785. The summed E-state index contributed by atoms with van der Waals surface area (Å²) in [5.41, 5.74) is -0.384. The maximum atomic E-state index is 12.0. The number of pyridine rings is 1. The Morgan fingerprint density at radius 3 is 2.09 bits per heavy atom. The van der Waals surface area contributed by atoms with Gasteiger partial charge in [-0.2, -0.15) is 0 Å². The summed E-state index contributed by atoms with van der Waals surface area (Å²) >= 11 is 0. The molecule has 0 aliphatic carbocycles. The first-order valence-corrected chi connectivity index (χ1v) is 6.08. The highest BCUT2D eigenvalue weighted by molar-refractivity contribution is 5.95. The van der Waals surface area contributed by atoms with E-state index in [1.165, 1.54) is 0 Å². The van der Waals surface area contributed by atoms with Crippen LogP contribution in [0.1, 0.15) is 15.9 Å². The predicted molar refractivity (Wildman–Crippen MR) is 75.2 cm³/mol. The Balaban J connectivity index is 2.21. The molecule has 2 aromatic rings. The lowest BCUT2D eigenvalue weighted by atomic mass is 10.1. The zero-order chi connectivity index (χ0) is 16.1. The van der Waals surface area contributed by atoms with E-state index in [-0.39, 0.29) is 12.1 Å². The highest BCUT2D eigenvalue weighted by Gasteiger charge is 2.19. The maximum absolute atomic E-state index is 12.0. The van der Waals surface area contributed by atoms with Gasteiger partial charge in [-0.1, -0.05) is 0 Å². The molecule has 1 amide bonds. The molecule has 1 aromatic heterocycles. The van der Waals surface area contributed by atoms with E-state index in [1.54, 1.807) is 24.5 Å². The summed E-state index contributed by atoms with van der Waals surface area (Å²) in [6, 6.07) is 6.18. The zero-order valence-electron chi connectivity index (χ0n) is 11.1. The molecule has 0 saturated carbocycles. The number of carbonyl (C=O) groups is 1. The molecule has 0 atom stereocenters. The Bertz CT molecular complexity index is 700. The van der Waals surface area contributed by atoms with Crippen LogP contribution in [-0.4, -0.2) is 20.7 Å². The summed E-state index contributed by atoms with van der Waals surface area (Å²) in [5.74, 6) is -0.636. The number of nitrogens with one attached hydrogen (secondary N) is 1. The molecular formula is C13H10N4O5. The van der Waals surface area contributed by atoms with Crippen molar-refractivity contribution in [2.45, 2.75) is 6.54 Å². The fourth-order valence-electron chi connectivity index (χ4n) is 1.72. The smallest absolute Gasteiger partial charge is 0.277 e. The molecule has 0 radical (unpaired) electrons. The van der Waals surface area contributed by atoms with Crippen molar-refractivity contribution in [3.8, 4) is 0 Å². The first kappa shape index (κ1) is 15.0. The van der Waals surface area contributed by atoms with Gasteiger partial charge in [0.05, 0.1) is 21.5 Å². The molecule has 0 aliphatic rings. The number of nitro groups is 2. The molecule has 0 unspecified atom stereocenters. The molecule has 1 aromatic carbocycles. The van der Waals surface area contributed by atoms with Gasteiger partial charge in [-0.25, -0.2) is 0 Å². The van der Waals surface area contributed by atoms with E-state index in [4.69, 9.17) is 0 Å². The summed E-state index contributed by atoms with van der Waals surface area (Å²) in [7, 11) is 0. The van der Waals surface area contributed by atoms with Crippen LogP contribution < -0.4 is 5.32 Å². The largest absolute Gasteiger partial charge is 0.348 e. The van der Waals surface area contributed by atoms with Crippen LogP contribution in [0.2, 0.25) is 0 Å². The Labute approximate surface area is 123 Å². The lowest BCUT2D eigenvalue weighted by Gasteiger charge is -2.05. The third kappa shape index (κ3) is 3.60. The van der Waals surface area contributed by atoms with Crippen LogP contribution in [0, 0.1) is 20.2 Å². The van der Waals surface area contributed by atoms with Gasteiger partial charge in [-0.05, 0) is 17.7 Å². The number of nitrogens with zero attached hydrogens (tertiary/aromatic N) is 3. The fourth-order valence-corrected chi connectivity index (χ4v) is 1.72. The fraction of sp³-hybridized carbons (Fsp3) is 0.0769. The molecular weight excluding hydrogens is 292 g/mol. The number of nitro benzene ring substituents is 2. The van der Waals surface area contributed by atoms with Gasteiger partial charge in [0.2, 0.25) is 0 Å². The summed E-state index contributed by atoms with van der Waals surface area (Å²) in [5, 5.41) is 24.1. The summed E-state index contributed by atoms with van der Waals surface area (Å²) < 4.78 is 0. The van der Waals surface area contributed by atoms with Crippen molar-refractivity contribution >= 4 is 17.3 Å². The number of non-ortho nitro benzene ring substituents is 2. The van der Waals surface area contributed by atoms with Crippen molar-refractivity contribution in [3.63, 3.8) is 0 Å². The Morgan fingerprint density at radius 2 is 1.59 bits per heavy atom. The third-order valence-corrected chi connectivity index (χ3v) is 2.79. The normalized spacial score (nSPS) is 10.0. The van der Waals surface area contributed by atoms with Crippen molar-refractivity contribution in [1.82, 2.24) is 10.3 Å². The zero-order valence-corrected chi connectivity index (χ0v) is 11.1. The summed E-state index contributed by atoms with van der Waals surface area (Å²) in [6.45, 7) is 0.178. The number of rotatable bonds is 5. The number of carbonyl (C=O) groups excluding carboxylic acids is 1. The second kappa shape index (κ2) is 6.39. The van der Waals surface area contributed by atoms with Crippen molar-refractivity contribution in [1.29, 1.82) is 0 Å². The summed E-state index contributed by atoms with van der Waals surface area (Å²) in [4.78, 5) is 35.8. The van der Waals surface area contributed by atoms with Crippen LogP contribution in [0.5, 0.6) is 0 Å². The van der Waals surface area contributed by atoms with E-state index >= 15 is 0 Å². The van der Waals surface area contributed by atoms with Crippen molar-refractivity contribution in [3.05, 3.63) is 74.1 Å². The molecule has 1 N–H and O–H groups in total. The third-order valence-electron chi connectivity index (χ3n) is 2.79. The topological polar surface area (TPSA) is 128 Å². The predicted octanol–water partition coefficient (Wildman–Crippen LogP) is 1.83. The SMILES string of the molecule is O=C(NCc1ccncc1)c1cc([N+](=O)[O-])cc([N+](=O)[O-])c1. The van der Waals surface area contributed by atoms with Crippen molar-refractivity contribution in [2.24, 2.45) is 0 Å². The number of benzene rings is 1. The number of amides is 1. The molecule has 22 heavy (non-hydrogen) atoms. The lowest BCUT2D eigenvalue weighted by Crippen LogP contribution is -2.23. The average Bonchev–Trinajstić information content (AvgIpc) is 2.53. The van der Waals surface area contributed by atoms with Gasteiger partial charge in [0.15, 0.2) is 0 Å². The summed E-state index contributed by atoms with van der Waals surface area (Å²) in [6.07, 6.45) is 3.11. The van der Waals surface area contributed by atoms with Gasteiger partial charge >= 0.3 is 0 Å². The van der Waals surface area contributed by atoms with E-state index in [0.29, 0.717) is 0 Å². The van der Waals surface area contributed by atoms with Crippen LogP contribution >= 0.6 is 0 Å². The van der Waals surface area contributed by atoms with Crippen LogP contribution in [0.25, 0.3) is 0 Å². The molecule has 1 heterocycles. The minimum Gasteiger partial charge on any atom is -0.348 e. The molecule has 112 valence electrons. The van der Waals surface area contributed by atoms with Gasteiger partial charge in [0.1, 0.15) is 0 Å². The molecule has 9 heteroatoms. The highest BCUT2D eigenvalue weighted by atomic mass is 16.6. The number of aromatic nitrogens is 1. The van der Waals surface area contributed by atoms with Crippen LogP contribution in [0.3, 0.4) is 0 Å². The van der Waals surface area contributed by atoms with Crippen LogP contribution in [0.15, 0.2) is 42.7 Å². The molecule has 0 spiro atoms. The molecule has 2 rings (SSSR count). The van der Waals surface area contributed by atoms with Crippen LogP contribution in [-0.2, 0) is 6.54 Å². The molecule has 9 nitrogen and oxygen atoms in total. The van der Waals surface area contributed by atoms with Crippen molar-refractivity contribution in [2.75, 3.05) is 0 Å². The van der Waals surface area contributed by atoms with E-state index < -0.39 is 27.1 Å². The number of hydrogen-bond acceptors (Lipinski definition) is 6. The minimum absolute atomic E-state index is 0.144. The van der Waals surface area contributed by atoms with Gasteiger partial charge in [0.25, 0.3) is 17.3 Å². The van der Waals surface area contributed by atoms with E-state index in [2.05, 4.69) is 10.3 Å².